The third-order valence-corrected chi connectivity index (χ3v) is 3.03. The van der Waals surface area contributed by atoms with Crippen LogP contribution in [0.3, 0.4) is 0 Å². The van der Waals surface area contributed by atoms with Gasteiger partial charge in [0.15, 0.2) is 0 Å². The fourth-order valence-electron chi connectivity index (χ4n) is 2.17. The molecule has 0 unspecified atom stereocenters. The van der Waals surface area contributed by atoms with Crippen LogP contribution in [0, 0.1) is 0 Å². The van der Waals surface area contributed by atoms with Crippen LogP contribution in [0.4, 0.5) is 4.79 Å². The van der Waals surface area contributed by atoms with Crippen molar-refractivity contribution in [3.05, 3.63) is 30.0 Å². The number of fused-ring (bicyclic) bond motifs is 1. The summed E-state index contributed by atoms with van der Waals surface area (Å²) in [6.07, 6.45) is 1.39. The number of benzene rings is 1. The average molecular weight is 275 g/mol. The summed E-state index contributed by atoms with van der Waals surface area (Å²) >= 11 is 0. The van der Waals surface area contributed by atoms with Gasteiger partial charge in [-0.2, -0.15) is 0 Å². The summed E-state index contributed by atoms with van der Waals surface area (Å²) in [6.45, 7) is 9.62. The van der Waals surface area contributed by atoms with Crippen LogP contribution in [0.1, 0.15) is 46.1 Å². The summed E-state index contributed by atoms with van der Waals surface area (Å²) in [7, 11) is 0. The molecule has 4 nitrogen and oxygen atoms in total. The SMILES string of the molecule is CC(C)c1cn(C(=O)OC(C)(C)C)c2ccc(O)cc12. The van der Waals surface area contributed by atoms with Gasteiger partial charge in [-0.1, -0.05) is 13.8 Å². The highest BCUT2D eigenvalue weighted by molar-refractivity contribution is 5.93. The van der Waals surface area contributed by atoms with Gasteiger partial charge in [0.05, 0.1) is 5.52 Å². The third-order valence-electron chi connectivity index (χ3n) is 3.03. The number of carbonyl (C=O) groups is 1. The summed E-state index contributed by atoms with van der Waals surface area (Å²) in [5.74, 6) is 0.448. The molecule has 0 fully saturated rings. The molecule has 0 amide bonds. The Labute approximate surface area is 119 Å². The predicted octanol–water partition coefficient (Wildman–Crippen LogP) is 4.25. The molecule has 1 heterocycles. The first-order valence-electron chi connectivity index (χ1n) is 6.76. The van der Waals surface area contributed by atoms with Gasteiger partial charge < -0.3 is 9.84 Å². The number of ether oxygens (including phenoxy) is 1. The Morgan fingerprint density at radius 3 is 2.50 bits per heavy atom. The predicted molar refractivity (Wildman–Crippen MR) is 79.3 cm³/mol. The quantitative estimate of drug-likeness (QED) is 0.846. The van der Waals surface area contributed by atoms with E-state index in [1.54, 1.807) is 24.4 Å². The molecule has 0 bridgehead atoms. The lowest BCUT2D eigenvalue weighted by atomic mass is 10.0. The van der Waals surface area contributed by atoms with Gasteiger partial charge in [0.1, 0.15) is 11.4 Å². The van der Waals surface area contributed by atoms with Crippen LogP contribution in [0.2, 0.25) is 0 Å². The minimum Gasteiger partial charge on any atom is -0.508 e. The molecule has 1 aromatic carbocycles. The van der Waals surface area contributed by atoms with Crippen LogP contribution < -0.4 is 0 Å². The van der Waals surface area contributed by atoms with Gasteiger partial charge in [0.25, 0.3) is 0 Å². The van der Waals surface area contributed by atoms with E-state index in [-0.39, 0.29) is 11.7 Å². The summed E-state index contributed by atoms with van der Waals surface area (Å²) < 4.78 is 6.93. The van der Waals surface area contributed by atoms with Gasteiger partial charge in [-0.25, -0.2) is 4.79 Å². The van der Waals surface area contributed by atoms with Crippen molar-refractivity contribution in [2.24, 2.45) is 0 Å². The number of hydrogen-bond donors (Lipinski definition) is 1. The molecule has 0 saturated heterocycles. The van der Waals surface area contributed by atoms with E-state index >= 15 is 0 Å². The lowest BCUT2D eigenvalue weighted by molar-refractivity contribution is 0.0544. The van der Waals surface area contributed by atoms with Crippen LogP contribution in [-0.2, 0) is 4.74 Å². The van der Waals surface area contributed by atoms with Crippen molar-refractivity contribution in [1.29, 1.82) is 0 Å². The first kappa shape index (κ1) is 14.4. The van der Waals surface area contributed by atoms with Crippen molar-refractivity contribution in [2.45, 2.75) is 46.1 Å². The largest absolute Gasteiger partial charge is 0.508 e. The molecule has 0 spiro atoms. The normalized spacial score (nSPS) is 12.1. The highest BCUT2D eigenvalue weighted by Crippen LogP contribution is 2.30. The van der Waals surface area contributed by atoms with Crippen molar-refractivity contribution in [3.8, 4) is 5.75 Å². The van der Waals surface area contributed by atoms with Crippen molar-refractivity contribution in [1.82, 2.24) is 4.57 Å². The lowest BCUT2D eigenvalue weighted by Crippen LogP contribution is -2.26. The molecular formula is C16H21NO3. The van der Waals surface area contributed by atoms with Crippen molar-refractivity contribution < 1.29 is 14.6 Å². The van der Waals surface area contributed by atoms with E-state index in [1.165, 1.54) is 4.57 Å². The Kier molecular flexibility index (Phi) is 3.50. The Hall–Kier alpha value is -1.97. The van der Waals surface area contributed by atoms with E-state index in [0.29, 0.717) is 0 Å². The number of nitrogens with zero attached hydrogens (tertiary/aromatic N) is 1. The number of carbonyl (C=O) groups excluding carboxylic acids is 1. The van der Waals surface area contributed by atoms with E-state index in [4.69, 9.17) is 4.74 Å². The van der Waals surface area contributed by atoms with E-state index < -0.39 is 11.7 Å². The van der Waals surface area contributed by atoms with Gasteiger partial charge >= 0.3 is 6.09 Å². The average Bonchev–Trinajstić information content (AvgIpc) is 2.65. The highest BCUT2D eigenvalue weighted by atomic mass is 16.6. The summed E-state index contributed by atoms with van der Waals surface area (Å²) in [6, 6.07) is 5.00. The molecule has 2 aromatic rings. The van der Waals surface area contributed by atoms with E-state index in [0.717, 1.165) is 16.5 Å². The maximum Gasteiger partial charge on any atom is 0.419 e. The number of rotatable bonds is 1. The monoisotopic (exact) mass is 275 g/mol. The molecular weight excluding hydrogens is 254 g/mol. The zero-order valence-corrected chi connectivity index (χ0v) is 12.6. The molecule has 20 heavy (non-hydrogen) atoms. The lowest BCUT2D eigenvalue weighted by Gasteiger charge is -2.19. The van der Waals surface area contributed by atoms with Crippen LogP contribution in [0.25, 0.3) is 10.9 Å². The maximum absolute atomic E-state index is 12.3. The zero-order valence-electron chi connectivity index (χ0n) is 12.6. The van der Waals surface area contributed by atoms with E-state index in [9.17, 15) is 9.90 Å². The van der Waals surface area contributed by atoms with Gasteiger partial charge in [0, 0.05) is 11.6 Å². The molecule has 0 aliphatic rings. The Morgan fingerprint density at radius 2 is 1.95 bits per heavy atom. The molecule has 1 N–H and O–H groups in total. The van der Waals surface area contributed by atoms with Crippen molar-refractivity contribution in [2.75, 3.05) is 0 Å². The minimum atomic E-state index is -0.539. The Balaban J connectivity index is 2.57. The minimum absolute atomic E-state index is 0.196. The van der Waals surface area contributed by atoms with Gasteiger partial charge in [-0.3, -0.25) is 4.57 Å². The molecule has 0 atom stereocenters. The summed E-state index contributed by atoms with van der Waals surface area (Å²) in [5, 5.41) is 10.5. The highest BCUT2D eigenvalue weighted by Gasteiger charge is 2.21. The second-order valence-corrected chi connectivity index (χ2v) is 6.29. The molecule has 0 aliphatic heterocycles. The number of hydrogen-bond acceptors (Lipinski definition) is 3. The van der Waals surface area contributed by atoms with Gasteiger partial charge in [-0.05, 0) is 50.5 Å². The van der Waals surface area contributed by atoms with Crippen molar-refractivity contribution >= 4 is 17.0 Å². The summed E-state index contributed by atoms with van der Waals surface area (Å²) in [4.78, 5) is 12.3. The molecule has 1 aromatic heterocycles. The van der Waals surface area contributed by atoms with E-state index in [2.05, 4.69) is 13.8 Å². The molecule has 0 saturated carbocycles. The van der Waals surface area contributed by atoms with Crippen LogP contribution >= 0.6 is 0 Å². The molecule has 0 radical (unpaired) electrons. The number of aromatic nitrogens is 1. The maximum atomic E-state index is 12.3. The van der Waals surface area contributed by atoms with Crippen LogP contribution in [0.5, 0.6) is 5.75 Å². The smallest absolute Gasteiger partial charge is 0.419 e. The number of aromatic hydroxyl groups is 1. The zero-order chi connectivity index (χ0) is 15.1. The van der Waals surface area contributed by atoms with Crippen LogP contribution in [-0.4, -0.2) is 21.4 Å². The first-order chi connectivity index (χ1) is 9.19. The third kappa shape index (κ3) is 2.79. The standard InChI is InChI=1S/C16H21NO3/c1-10(2)13-9-17(15(19)20-16(3,4)5)14-7-6-11(18)8-12(13)14/h6-10,18H,1-5H3. The Bertz CT molecular complexity index is 648. The second kappa shape index (κ2) is 4.85. The topological polar surface area (TPSA) is 51.5 Å². The second-order valence-electron chi connectivity index (χ2n) is 6.29. The summed E-state index contributed by atoms with van der Waals surface area (Å²) in [5.41, 5.74) is 1.23. The number of phenols is 1. The molecule has 4 heteroatoms. The van der Waals surface area contributed by atoms with Crippen molar-refractivity contribution in [3.63, 3.8) is 0 Å². The first-order valence-corrected chi connectivity index (χ1v) is 6.76. The molecule has 108 valence electrons. The number of phenolic OH excluding ortho intramolecular Hbond substituents is 1. The van der Waals surface area contributed by atoms with Crippen LogP contribution in [0.15, 0.2) is 24.4 Å². The van der Waals surface area contributed by atoms with Gasteiger partial charge in [0.2, 0.25) is 0 Å². The Morgan fingerprint density at radius 1 is 1.30 bits per heavy atom. The van der Waals surface area contributed by atoms with Gasteiger partial charge in [-0.15, -0.1) is 0 Å². The molecule has 0 aliphatic carbocycles. The van der Waals surface area contributed by atoms with E-state index in [1.807, 2.05) is 20.8 Å². The fourth-order valence-corrected chi connectivity index (χ4v) is 2.17. The fraction of sp³-hybridized carbons (Fsp3) is 0.438. The molecule has 2 rings (SSSR count).